The van der Waals surface area contributed by atoms with Crippen LogP contribution in [-0.4, -0.2) is 12.1 Å². The minimum absolute atomic E-state index is 0.0339. The van der Waals surface area contributed by atoms with Crippen LogP contribution < -0.4 is 0 Å². The van der Waals surface area contributed by atoms with Gasteiger partial charge < -0.3 is 4.74 Å². The van der Waals surface area contributed by atoms with Crippen LogP contribution in [0.2, 0.25) is 0 Å². The van der Waals surface area contributed by atoms with Crippen LogP contribution in [0.3, 0.4) is 0 Å². The summed E-state index contributed by atoms with van der Waals surface area (Å²) in [6, 6.07) is 0. The van der Waals surface area contributed by atoms with Crippen LogP contribution in [0.15, 0.2) is 36.5 Å². The molecule has 2 fully saturated rings. The normalized spacial score (nSPS) is 31.7. The number of hydrogen-bond donors (Lipinski definition) is 0. The molecule has 3 aliphatic rings. The van der Waals surface area contributed by atoms with Crippen molar-refractivity contribution in [2.45, 2.75) is 131 Å². The Morgan fingerprint density at radius 3 is 2.61 bits per heavy atom. The van der Waals surface area contributed by atoms with Gasteiger partial charge in [0.15, 0.2) is 0 Å². The van der Waals surface area contributed by atoms with Crippen LogP contribution in [0.4, 0.5) is 0 Å². The lowest BCUT2D eigenvalue weighted by molar-refractivity contribution is -0.149. The lowest BCUT2D eigenvalue weighted by atomic mass is 9.51. The van der Waals surface area contributed by atoms with E-state index < -0.39 is 0 Å². The van der Waals surface area contributed by atoms with Crippen molar-refractivity contribution in [3.05, 3.63) is 36.5 Å². The predicted octanol–water partition coefficient (Wildman–Crippen LogP) is 9.85. The lowest BCUT2D eigenvalue weighted by Crippen LogP contribution is -2.45. The van der Waals surface area contributed by atoms with E-state index in [-0.39, 0.29) is 12.1 Å². The molecule has 8 unspecified atom stereocenters. The minimum atomic E-state index is -0.141. The van der Waals surface area contributed by atoms with Crippen LogP contribution in [0, 0.1) is 40.9 Å². The molecule has 0 radical (unpaired) electrons. The number of carbonyl (C=O) groups excluding carboxylic acids is 1. The highest BCUT2D eigenvalue weighted by Gasteiger charge is 2.48. The second-order valence-electron chi connectivity index (χ2n) is 13.1. The van der Waals surface area contributed by atoms with Crippen molar-refractivity contribution in [1.82, 2.24) is 0 Å². The molecule has 36 heavy (non-hydrogen) atoms. The molecule has 2 saturated carbocycles. The first-order valence-electron chi connectivity index (χ1n) is 15.4. The van der Waals surface area contributed by atoms with Crippen molar-refractivity contribution < 1.29 is 9.53 Å². The van der Waals surface area contributed by atoms with Crippen molar-refractivity contribution in [3.63, 3.8) is 0 Å². The Labute approximate surface area is 223 Å². The predicted molar refractivity (Wildman–Crippen MR) is 154 cm³/mol. The SMILES string of the molecule is C=C(CCCC1CCC2C(CCC3C=CC=CC32C)C1)CCC(OC(C)=O)C(C)CCCC(C)CC. The summed E-state index contributed by atoms with van der Waals surface area (Å²) < 4.78 is 5.75. The lowest BCUT2D eigenvalue weighted by Gasteiger charge is -2.53. The standard InChI is InChI=1S/C34H56O2/c1-7-25(2)12-10-14-27(4)33(36-28(5)35)22-17-26(3)13-11-15-29-18-21-32-30(24-29)19-20-31-16-8-9-23-34(31,32)6/h8-9,16,23,25,27,29-33H,3,7,10-15,17-22,24H2,1-2,4-6H3. The fraction of sp³-hybridized carbons (Fsp3) is 0.794. The molecular weight excluding hydrogens is 440 g/mol. The van der Waals surface area contributed by atoms with Crippen LogP contribution >= 0.6 is 0 Å². The molecule has 0 heterocycles. The van der Waals surface area contributed by atoms with E-state index >= 15 is 0 Å². The molecule has 0 saturated heterocycles. The van der Waals surface area contributed by atoms with Gasteiger partial charge in [-0.15, -0.1) is 0 Å². The molecule has 3 aliphatic carbocycles. The first kappa shape index (κ1) is 29.2. The monoisotopic (exact) mass is 496 g/mol. The number of rotatable bonds is 14. The van der Waals surface area contributed by atoms with Crippen molar-refractivity contribution in [2.75, 3.05) is 0 Å². The smallest absolute Gasteiger partial charge is 0.302 e. The van der Waals surface area contributed by atoms with Crippen molar-refractivity contribution in [1.29, 1.82) is 0 Å². The second kappa shape index (κ2) is 14.0. The highest BCUT2D eigenvalue weighted by atomic mass is 16.5. The van der Waals surface area contributed by atoms with Gasteiger partial charge in [-0.25, -0.2) is 0 Å². The molecule has 0 amide bonds. The van der Waals surface area contributed by atoms with Gasteiger partial charge >= 0.3 is 5.97 Å². The third-order valence-electron chi connectivity index (χ3n) is 10.4. The Balaban J connectivity index is 1.36. The van der Waals surface area contributed by atoms with Crippen molar-refractivity contribution in [2.24, 2.45) is 40.9 Å². The van der Waals surface area contributed by atoms with Gasteiger partial charge in [0.1, 0.15) is 6.10 Å². The molecule has 0 aliphatic heterocycles. The fourth-order valence-corrected chi connectivity index (χ4v) is 7.72. The molecule has 0 aromatic carbocycles. The van der Waals surface area contributed by atoms with Gasteiger partial charge in [0, 0.05) is 6.92 Å². The Bertz CT molecular complexity index is 763. The van der Waals surface area contributed by atoms with Crippen molar-refractivity contribution in [3.8, 4) is 0 Å². The molecule has 0 spiro atoms. The Kier molecular flexibility index (Phi) is 11.4. The largest absolute Gasteiger partial charge is 0.462 e. The molecule has 0 N–H and O–H groups in total. The van der Waals surface area contributed by atoms with E-state index in [0.717, 1.165) is 55.3 Å². The van der Waals surface area contributed by atoms with E-state index in [9.17, 15) is 4.79 Å². The fourth-order valence-electron chi connectivity index (χ4n) is 7.72. The van der Waals surface area contributed by atoms with E-state index in [1.54, 1.807) is 6.92 Å². The number of carbonyl (C=O) groups is 1. The summed E-state index contributed by atoms with van der Waals surface area (Å²) in [5.41, 5.74) is 1.75. The van der Waals surface area contributed by atoms with Crippen molar-refractivity contribution >= 4 is 5.97 Å². The molecule has 204 valence electrons. The summed E-state index contributed by atoms with van der Waals surface area (Å²) in [5.74, 6) is 4.55. The number of allylic oxidation sites excluding steroid dienone is 5. The zero-order valence-corrected chi connectivity index (χ0v) is 24.3. The third-order valence-corrected chi connectivity index (χ3v) is 10.4. The molecule has 2 heteroatoms. The molecule has 0 bridgehead atoms. The Morgan fingerprint density at radius 1 is 1.06 bits per heavy atom. The van der Waals surface area contributed by atoms with E-state index in [2.05, 4.69) is 58.6 Å². The van der Waals surface area contributed by atoms with Gasteiger partial charge in [0.05, 0.1) is 0 Å². The Hall–Kier alpha value is -1.31. The summed E-state index contributed by atoms with van der Waals surface area (Å²) in [6.45, 7) is 15.4. The summed E-state index contributed by atoms with van der Waals surface area (Å²) >= 11 is 0. The highest BCUT2D eigenvalue weighted by Crippen LogP contribution is 2.56. The van der Waals surface area contributed by atoms with E-state index in [1.165, 1.54) is 69.8 Å². The average Bonchev–Trinajstić information content (AvgIpc) is 2.85. The van der Waals surface area contributed by atoms with Crippen LogP contribution in [0.5, 0.6) is 0 Å². The summed E-state index contributed by atoms with van der Waals surface area (Å²) in [7, 11) is 0. The summed E-state index contributed by atoms with van der Waals surface area (Å²) in [4.78, 5) is 11.7. The molecule has 0 aromatic rings. The maximum Gasteiger partial charge on any atom is 0.302 e. The average molecular weight is 497 g/mol. The minimum Gasteiger partial charge on any atom is -0.462 e. The first-order chi connectivity index (χ1) is 17.2. The van der Waals surface area contributed by atoms with Crippen LogP contribution in [0.1, 0.15) is 125 Å². The first-order valence-corrected chi connectivity index (χ1v) is 15.4. The Morgan fingerprint density at radius 2 is 1.86 bits per heavy atom. The number of fused-ring (bicyclic) bond motifs is 3. The molecule has 2 nitrogen and oxygen atoms in total. The van der Waals surface area contributed by atoms with Gasteiger partial charge in [-0.3, -0.25) is 4.79 Å². The number of hydrogen-bond acceptors (Lipinski definition) is 2. The van der Waals surface area contributed by atoms with E-state index in [1.807, 2.05) is 0 Å². The maximum atomic E-state index is 11.7. The van der Waals surface area contributed by atoms with Crippen LogP contribution in [0.25, 0.3) is 0 Å². The van der Waals surface area contributed by atoms with E-state index in [4.69, 9.17) is 4.74 Å². The zero-order chi connectivity index (χ0) is 26.1. The molecule has 3 rings (SSSR count). The van der Waals surface area contributed by atoms with Crippen LogP contribution in [-0.2, 0) is 9.53 Å². The molecule has 8 atom stereocenters. The summed E-state index contributed by atoms with van der Waals surface area (Å²) in [5, 5.41) is 0. The highest BCUT2D eigenvalue weighted by molar-refractivity contribution is 5.66. The maximum absolute atomic E-state index is 11.7. The van der Waals surface area contributed by atoms with Gasteiger partial charge in [-0.05, 0) is 98.7 Å². The van der Waals surface area contributed by atoms with E-state index in [0.29, 0.717) is 11.3 Å². The van der Waals surface area contributed by atoms with Gasteiger partial charge in [0.25, 0.3) is 0 Å². The third kappa shape index (κ3) is 8.09. The van der Waals surface area contributed by atoms with Gasteiger partial charge in [-0.2, -0.15) is 0 Å². The molecule has 0 aromatic heterocycles. The van der Waals surface area contributed by atoms with Gasteiger partial charge in [0.2, 0.25) is 0 Å². The molecular formula is C34H56O2. The van der Waals surface area contributed by atoms with Gasteiger partial charge in [-0.1, -0.05) is 96.3 Å². The topological polar surface area (TPSA) is 26.3 Å². The zero-order valence-electron chi connectivity index (χ0n) is 24.3. The second-order valence-corrected chi connectivity index (χ2v) is 13.1. The number of ether oxygens (including phenoxy) is 1. The number of esters is 1. The quantitative estimate of drug-likeness (QED) is 0.177. The summed E-state index contributed by atoms with van der Waals surface area (Å²) in [6.07, 6.45) is 27.3.